The van der Waals surface area contributed by atoms with E-state index in [4.69, 9.17) is 9.47 Å². The maximum atomic E-state index is 14.4. The first-order valence-electron chi connectivity index (χ1n) is 9.99. The maximum absolute atomic E-state index is 14.4. The number of halogens is 1. The Hall–Kier alpha value is -4.59. The number of carbonyl (C=O) groups is 1. The number of carbonyl (C=O) groups excluding carboxylic acids is 1. The minimum Gasteiger partial charge on any atom is -0.453 e. The molecule has 0 unspecified atom stereocenters. The fourth-order valence-electron chi connectivity index (χ4n) is 2.87. The van der Waals surface area contributed by atoms with Gasteiger partial charge in [-0.1, -0.05) is 6.07 Å². The summed E-state index contributed by atoms with van der Waals surface area (Å²) in [7, 11) is 0. The van der Waals surface area contributed by atoms with Crippen molar-refractivity contribution in [1.82, 2.24) is 15.0 Å². The third-order valence-corrected chi connectivity index (χ3v) is 4.45. The van der Waals surface area contributed by atoms with Crippen molar-refractivity contribution in [2.24, 2.45) is 0 Å². The van der Waals surface area contributed by atoms with Gasteiger partial charge in [0, 0.05) is 30.4 Å². The Balaban J connectivity index is 1.37. The van der Waals surface area contributed by atoms with Crippen LogP contribution in [0.1, 0.15) is 11.1 Å². The summed E-state index contributed by atoms with van der Waals surface area (Å²) in [5, 5.41) is 2.79. The van der Waals surface area contributed by atoms with Crippen molar-refractivity contribution in [3.05, 3.63) is 102 Å². The van der Waals surface area contributed by atoms with Crippen molar-refractivity contribution in [1.29, 1.82) is 0 Å². The van der Waals surface area contributed by atoms with Crippen LogP contribution in [-0.2, 0) is 4.79 Å². The Morgan fingerprint density at radius 1 is 0.970 bits per heavy atom. The molecule has 0 spiro atoms. The van der Waals surface area contributed by atoms with Crippen molar-refractivity contribution in [3.63, 3.8) is 0 Å². The Morgan fingerprint density at radius 3 is 2.55 bits per heavy atom. The fraction of sp³-hybridized carbons (Fsp3) is 0.0400. The minimum atomic E-state index is -0.546. The Bertz CT molecular complexity index is 1280. The van der Waals surface area contributed by atoms with Crippen molar-refractivity contribution < 1.29 is 18.7 Å². The SMILES string of the molecule is Cc1cc(Oc2ncccn2)ccc1NC(=O)/C=C/c1ccc(Oc2cccnc2)c(F)c1. The first kappa shape index (κ1) is 21.6. The van der Waals surface area contributed by atoms with Gasteiger partial charge in [0.05, 0.1) is 6.20 Å². The number of pyridine rings is 1. The number of amides is 1. The predicted octanol–water partition coefficient (Wildman–Crippen LogP) is 5.56. The largest absolute Gasteiger partial charge is 0.453 e. The molecule has 2 heterocycles. The van der Waals surface area contributed by atoms with Gasteiger partial charge in [-0.2, -0.15) is 0 Å². The van der Waals surface area contributed by atoms with Crippen molar-refractivity contribution >= 4 is 17.7 Å². The lowest BCUT2D eigenvalue weighted by molar-refractivity contribution is -0.111. The molecule has 0 saturated heterocycles. The van der Waals surface area contributed by atoms with Crippen molar-refractivity contribution in [2.45, 2.75) is 6.92 Å². The van der Waals surface area contributed by atoms with E-state index in [1.54, 1.807) is 61.1 Å². The number of anilines is 1. The zero-order valence-electron chi connectivity index (χ0n) is 17.6. The van der Waals surface area contributed by atoms with E-state index in [-0.39, 0.29) is 17.7 Å². The first-order chi connectivity index (χ1) is 16.1. The fourth-order valence-corrected chi connectivity index (χ4v) is 2.87. The van der Waals surface area contributed by atoms with Gasteiger partial charge in [0.1, 0.15) is 11.5 Å². The zero-order valence-corrected chi connectivity index (χ0v) is 17.6. The van der Waals surface area contributed by atoms with Crippen LogP contribution in [-0.4, -0.2) is 20.9 Å². The summed E-state index contributed by atoms with van der Waals surface area (Å²) < 4.78 is 25.4. The average molecular weight is 442 g/mol. The van der Waals surface area contributed by atoms with E-state index in [1.165, 1.54) is 30.5 Å². The molecule has 0 saturated carbocycles. The standard InChI is InChI=1S/C25H19FN4O3/c1-17-14-19(33-25-28-12-3-13-29-25)7-8-22(17)30-24(31)10-6-18-5-9-23(21(26)15-18)32-20-4-2-11-27-16-20/h2-16H,1H3,(H,30,31)/b10-6+. The summed E-state index contributed by atoms with van der Waals surface area (Å²) in [6.45, 7) is 1.84. The molecule has 2 aromatic carbocycles. The second kappa shape index (κ2) is 10.1. The third-order valence-electron chi connectivity index (χ3n) is 4.45. The smallest absolute Gasteiger partial charge is 0.321 e. The van der Waals surface area contributed by atoms with E-state index in [1.807, 2.05) is 6.92 Å². The lowest BCUT2D eigenvalue weighted by Crippen LogP contribution is -2.09. The Morgan fingerprint density at radius 2 is 1.82 bits per heavy atom. The summed E-state index contributed by atoms with van der Waals surface area (Å²) >= 11 is 0. The van der Waals surface area contributed by atoms with Crippen LogP contribution in [0.3, 0.4) is 0 Å². The van der Waals surface area contributed by atoms with Crippen molar-refractivity contribution in [3.8, 4) is 23.3 Å². The van der Waals surface area contributed by atoms with E-state index in [0.717, 1.165) is 5.56 Å². The number of aryl methyl sites for hydroxylation is 1. The van der Waals surface area contributed by atoms with Crippen LogP contribution in [0, 0.1) is 12.7 Å². The Kier molecular flexibility index (Phi) is 6.65. The topological polar surface area (TPSA) is 86.2 Å². The molecule has 0 aliphatic heterocycles. The lowest BCUT2D eigenvalue weighted by atomic mass is 10.1. The molecule has 4 aromatic rings. The molecule has 0 aliphatic rings. The molecule has 0 bridgehead atoms. The molecule has 0 fully saturated rings. The van der Waals surface area contributed by atoms with E-state index < -0.39 is 5.82 Å². The van der Waals surface area contributed by atoms with Gasteiger partial charge >= 0.3 is 6.01 Å². The van der Waals surface area contributed by atoms with Gasteiger partial charge in [-0.05, 0) is 72.7 Å². The molecule has 0 radical (unpaired) electrons. The number of nitrogens with one attached hydrogen (secondary N) is 1. The number of rotatable bonds is 7. The number of aromatic nitrogens is 3. The normalized spacial score (nSPS) is 10.7. The van der Waals surface area contributed by atoms with Crippen LogP contribution >= 0.6 is 0 Å². The van der Waals surface area contributed by atoms with E-state index >= 15 is 0 Å². The summed E-state index contributed by atoms with van der Waals surface area (Å²) in [6.07, 6.45) is 9.12. The molecule has 4 rings (SSSR count). The molecule has 8 heteroatoms. The molecule has 33 heavy (non-hydrogen) atoms. The summed E-state index contributed by atoms with van der Waals surface area (Å²) in [5.74, 6) is 0.159. The van der Waals surface area contributed by atoms with Gasteiger partial charge in [-0.3, -0.25) is 9.78 Å². The highest BCUT2D eigenvalue weighted by molar-refractivity contribution is 6.02. The Labute approximate surface area is 189 Å². The highest BCUT2D eigenvalue weighted by Gasteiger charge is 2.07. The average Bonchev–Trinajstić information content (AvgIpc) is 2.82. The van der Waals surface area contributed by atoms with Gasteiger partial charge in [0.25, 0.3) is 0 Å². The lowest BCUT2D eigenvalue weighted by Gasteiger charge is -2.09. The van der Waals surface area contributed by atoms with Gasteiger partial charge in [-0.15, -0.1) is 0 Å². The third kappa shape index (κ3) is 5.98. The van der Waals surface area contributed by atoms with Crippen LogP contribution in [0.2, 0.25) is 0 Å². The summed E-state index contributed by atoms with van der Waals surface area (Å²) in [5.41, 5.74) is 1.94. The number of benzene rings is 2. The summed E-state index contributed by atoms with van der Waals surface area (Å²) in [6, 6.07) is 15.0. The molecule has 1 N–H and O–H groups in total. The van der Waals surface area contributed by atoms with Gasteiger partial charge < -0.3 is 14.8 Å². The van der Waals surface area contributed by atoms with E-state index in [2.05, 4.69) is 20.3 Å². The maximum Gasteiger partial charge on any atom is 0.321 e. The monoisotopic (exact) mass is 442 g/mol. The van der Waals surface area contributed by atoms with Crippen molar-refractivity contribution in [2.75, 3.05) is 5.32 Å². The number of ether oxygens (including phenoxy) is 2. The molecule has 0 aliphatic carbocycles. The molecule has 164 valence electrons. The van der Waals surface area contributed by atoms with E-state index in [9.17, 15) is 9.18 Å². The van der Waals surface area contributed by atoms with Gasteiger partial charge in [0.15, 0.2) is 11.6 Å². The molecular weight excluding hydrogens is 423 g/mol. The number of nitrogens with zero attached hydrogens (tertiary/aromatic N) is 3. The molecule has 7 nitrogen and oxygen atoms in total. The van der Waals surface area contributed by atoms with Gasteiger partial charge in [0.2, 0.25) is 5.91 Å². The predicted molar refractivity (Wildman–Crippen MR) is 122 cm³/mol. The quantitative estimate of drug-likeness (QED) is 0.377. The minimum absolute atomic E-state index is 0.0726. The van der Waals surface area contributed by atoms with Crippen LogP contribution in [0.4, 0.5) is 10.1 Å². The van der Waals surface area contributed by atoms with E-state index in [0.29, 0.717) is 22.7 Å². The van der Waals surface area contributed by atoms with Crippen LogP contribution in [0.15, 0.2) is 85.5 Å². The molecule has 2 aromatic heterocycles. The molecule has 1 amide bonds. The van der Waals surface area contributed by atoms with Crippen LogP contribution in [0.5, 0.6) is 23.3 Å². The highest BCUT2D eigenvalue weighted by atomic mass is 19.1. The number of hydrogen-bond acceptors (Lipinski definition) is 6. The summed E-state index contributed by atoms with van der Waals surface area (Å²) in [4.78, 5) is 24.3. The van der Waals surface area contributed by atoms with Gasteiger partial charge in [-0.25, -0.2) is 14.4 Å². The van der Waals surface area contributed by atoms with Crippen LogP contribution in [0.25, 0.3) is 6.08 Å². The second-order valence-corrected chi connectivity index (χ2v) is 6.91. The molecular formula is C25H19FN4O3. The zero-order chi connectivity index (χ0) is 23.0. The second-order valence-electron chi connectivity index (χ2n) is 6.91. The molecule has 0 atom stereocenters. The highest BCUT2D eigenvalue weighted by Crippen LogP contribution is 2.26. The van der Waals surface area contributed by atoms with Crippen LogP contribution < -0.4 is 14.8 Å². The number of hydrogen-bond donors (Lipinski definition) is 1. The first-order valence-corrected chi connectivity index (χ1v) is 9.99.